The molecule has 5 nitrogen and oxygen atoms in total. The van der Waals surface area contributed by atoms with Crippen LogP contribution in [0.15, 0.2) is 53.6 Å². The molecule has 0 aromatic heterocycles. The second-order valence-corrected chi connectivity index (χ2v) is 11.4. The summed E-state index contributed by atoms with van der Waals surface area (Å²) in [5.41, 5.74) is 1.20. The zero-order valence-electron chi connectivity index (χ0n) is 20.4. The molecule has 0 heterocycles. The Morgan fingerprint density at radius 3 is 2.68 bits per heavy atom. The summed E-state index contributed by atoms with van der Waals surface area (Å²) >= 11 is 0. The average molecular weight is 465 g/mol. The quantitative estimate of drug-likeness (QED) is 0.501. The summed E-state index contributed by atoms with van der Waals surface area (Å²) < 4.78 is 5.44. The van der Waals surface area contributed by atoms with Crippen molar-refractivity contribution in [3.63, 3.8) is 0 Å². The molecule has 5 rings (SSSR count). The fraction of sp³-hybridized carbons (Fsp3) is 0.586. The summed E-state index contributed by atoms with van der Waals surface area (Å²) in [6, 6.07) is 8.72. The van der Waals surface area contributed by atoms with Gasteiger partial charge in [-0.15, -0.1) is 0 Å². The van der Waals surface area contributed by atoms with Crippen LogP contribution in [0.3, 0.4) is 0 Å². The number of benzene rings is 1. The van der Waals surface area contributed by atoms with E-state index in [1.807, 2.05) is 19.1 Å². The third-order valence-electron chi connectivity index (χ3n) is 9.89. The first-order valence-corrected chi connectivity index (χ1v) is 12.7. The average Bonchev–Trinajstić information content (AvgIpc) is 3.05. The molecule has 2 N–H and O–H groups in total. The van der Waals surface area contributed by atoms with Crippen LogP contribution in [0.2, 0.25) is 0 Å². The van der Waals surface area contributed by atoms with Crippen molar-refractivity contribution in [1.82, 2.24) is 0 Å². The number of aliphatic hydroxyl groups excluding tert-OH is 1. The highest BCUT2D eigenvalue weighted by Crippen LogP contribution is 2.67. The molecule has 0 radical (unpaired) electrons. The van der Waals surface area contributed by atoms with Crippen molar-refractivity contribution in [2.45, 2.75) is 71.0 Å². The Hall–Kier alpha value is -2.24. The van der Waals surface area contributed by atoms with Crippen molar-refractivity contribution < 1.29 is 24.5 Å². The van der Waals surface area contributed by atoms with Crippen molar-refractivity contribution in [2.24, 2.45) is 28.6 Å². The first kappa shape index (κ1) is 23.5. The van der Waals surface area contributed by atoms with Crippen LogP contribution in [0.4, 0.5) is 0 Å². The lowest BCUT2D eigenvalue weighted by atomic mass is 9.50. The van der Waals surface area contributed by atoms with Crippen molar-refractivity contribution in [1.29, 1.82) is 0 Å². The fourth-order valence-electron chi connectivity index (χ4n) is 7.88. The zero-order valence-corrected chi connectivity index (χ0v) is 20.4. The standard InChI is InChI=1S/C29H36O5/c1-18-15-24-22-10-9-20-16-21(30)11-13-27(20,2)23(22)12-14-28(24,3)29(18,33)25(31)17-34-26(32)19-7-5-4-6-8-19/h4-8,12,16,18,22,24-25,31,33H,9-11,13-15,17H2,1-3H3/t18-,22+,24-,25?,27-,28-,29-/m0/s1. The zero-order chi connectivity index (χ0) is 24.3. The van der Waals surface area contributed by atoms with Gasteiger partial charge in [0.05, 0.1) is 5.56 Å². The molecular weight excluding hydrogens is 428 g/mol. The number of fused-ring (bicyclic) bond motifs is 5. The highest BCUT2D eigenvalue weighted by atomic mass is 16.5. The van der Waals surface area contributed by atoms with Gasteiger partial charge in [-0.25, -0.2) is 4.79 Å². The van der Waals surface area contributed by atoms with Crippen molar-refractivity contribution in [2.75, 3.05) is 6.61 Å². The van der Waals surface area contributed by atoms with Gasteiger partial charge in [0.25, 0.3) is 0 Å². The van der Waals surface area contributed by atoms with Crippen LogP contribution >= 0.6 is 0 Å². The van der Waals surface area contributed by atoms with Gasteiger partial charge in [-0.2, -0.15) is 0 Å². The monoisotopic (exact) mass is 464 g/mol. The van der Waals surface area contributed by atoms with Crippen LogP contribution in [0, 0.1) is 28.6 Å². The van der Waals surface area contributed by atoms with Crippen LogP contribution < -0.4 is 0 Å². The van der Waals surface area contributed by atoms with Gasteiger partial charge in [-0.05, 0) is 68.1 Å². The van der Waals surface area contributed by atoms with E-state index in [2.05, 4.69) is 19.9 Å². The number of ether oxygens (including phenoxy) is 1. The van der Waals surface area contributed by atoms with Gasteiger partial charge in [0, 0.05) is 17.3 Å². The number of hydrogen-bond acceptors (Lipinski definition) is 5. The number of ketones is 1. The summed E-state index contributed by atoms with van der Waals surface area (Å²) in [5.74, 6) is 0.197. The lowest BCUT2D eigenvalue weighted by molar-refractivity contribution is -0.181. The van der Waals surface area contributed by atoms with Gasteiger partial charge in [-0.1, -0.05) is 56.2 Å². The lowest BCUT2D eigenvalue weighted by Gasteiger charge is -2.55. The predicted molar refractivity (Wildman–Crippen MR) is 129 cm³/mol. The molecule has 4 aliphatic carbocycles. The molecule has 1 aromatic carbocycles. The van der Waals surface area contributed by atoms with Gasteiger partial charge < -0.3 is 14.9 Å². The first-order chi connectivity index (χ1) is 16.1. The Labute approximate surface area is 201 Å². The minimum absolute atomic E-state index is 0.0636. The molecule has 0 spiro atoms. The SMILES string of the molecule is C[C@H]1C[C@H]2[C@@H]3CCC4=CC(=O)CC[C@]4(C)C3=CC[C@]2(C)[C@@]1(O)C(O)COC(=O)c1ccccc1. The molecule has 4 aliphatic rings. The lowest BCUT2D eigenvalue weighted by Crippen LogP contribution is -2.59. The second kappa shape index (κ2) is 8.17. The molecule has 2 saturated carbocycles. The summed E-state index contributed by atoms with van der Waals surface area (Å²) in [7, 11) is 0. The van der Waals surface area contributed by atoms with Crippen LogP contribution in [0.25, 0.3) is 0 Å². The topological polar surface area (TPSA) is 83.8 Å². The molecule has 0 aliphatic heterocycles. The Morgan fingerprint density at radius 1 is 1.21 bits per heavy atom. The minimum Gasteiger partial charge on any atom is -0.459 e. The Bertz CT molecular complexity index is 1060. The predicted octanol–water partition coefficient (Wildman–Crippen LogP) is 4.63. The van der Waals surface area contributed by atoms with Crippen LogP contribution in [-0.4, -0.2) is 40.3 Å². The van der Waals surface area contributed by atoms with Gasteiger partial charge in [0.15, 0.2) is 5.78 Å². The number of hydrogen-bond donors (Lipinski definition) is 2. The Morgan fingerprint density at radius 2 is 1.94 bits per heavy atom. The molecule has 182 valence electrons. The number of rotatable bonds is 4. The summed E-state index contributed by atoms with van der Waals surface area (Å²) in [6.07, 6.45) is 7.87. The number of allylic oxidation sites excluding steroid dienone is 4. The van der Waals surface area contributed by atoms with E-state index in [9.17, 15) is 19.8 Å². The van der Waals surface area contributed by atoms with Crippen LogP contribution in [0.1, 0.15) is 69.7 Å². The Balaban J connectivity index is 1.40. The van der Waals surface area contributed by atoms with Crippen molar-refractivity contribution in [3.8, 4) is 0 Å². The van der Waals surface area contributed by atoms with Crippen LogP contribution in [0.5, 0.6) is 0 Å². The molecule has 0 saturated heterocycles. The Kier molecular flexibility index (Phi) is 5.64. The molecule has 0 amide bonds. The molecule has 2 fully saturated rings. The third-order valence-corrected chi connectivity index (χ3v) is 9.89. The van der Waals surface area contributed by atoms with E-state index in [1.54, 1.807) is 24.3 Å². The molecular formula is C29H36O5. The molecule has 5 heteroatoms. The maximum Gasteiger partial charge on any atom is 0.338 e. The van der Waals surface area contributed by atoms with E-state index in [-0.39, 0.29) is 29.6 Å². The maximum absolute atomic E-state index is 12.4. The molecule has 1 unspecified atom stereocenters. The maximum atomic E-state index is 12.4. The van der Waals surface area contributed by atoms with E-state index < -0.39 is 23.1 Å². The number of aliphatic hydroxyl groups is 2. The van der Waals surface area contributed by atoms with E-state index in [0.717, 1.165) is 25.7 Å². The van der Waals surface area contributed by atoms with Crippen LogP contribution in [-0.2, 0) is 9.53 Å². The normalized spacial score (nSPS) is 39.8. The summed E-state index contributed by atoms with van der Waals surface area (Å²) in [5, 5.41) is 23.3. The number of carbonyl (C=O) groups is 2. The van der Waals surface area contributed by atoms with Crippen molar-refractivity contribution >= 4 is 11.8 Å². The number of carbonyl (C=O) groups excluding carboxylic acids is 2. The van der Waals surface area contributed by atoms with E-state index in [1.165, 1.54) is 11.1 Å². The second-order valence-electron chi connectivity index (χ2n) is 11.4. The first-order valence-electron chi connectivity index (χ1n) is 12.7. The smallest absolute Gasteiger partial charge is 0.338 e. The van der Waals surface area contributed by atoms with E-state index >= 15 is 0 Å². The fourth-order valence-corrected chi connectivity index (χ4v) is 7.88. The highest BCUT2D eigenvalue weighted by molar-refractivity contribution is 5.92. The molecule has 7 atom stereocenters. The van der Waals surface area contributed by atoms with Gasteiger partial charge in [-0.3, -0.25) is 4.79 Å². The van der Waals surface area contributed by atoms with Gasteiger partial charge in [0.2, 0.25) is 0 Å². The summed E-state index contributed by atoms with van der Waals surface area (Å²) in [6.45, 7) is 6.18. The van der Waals surface area contributed by atoms with E-state index in [4.69, 9.17) is 4.74 Å². The van der Waals surface area contributed by atoms with E-state index in [0.29, 0.717) is 24.3 Å². The molecule has 34 heavy (non-hydrogen) atoms. The van der Waals surface area contributed by atoms with Gasteiger partial charge in [0.1, 0.15) is 18.3 Å². The largest absolute Gasteiger partial charge is 0.459 e. The minimum atomic E-state index is -1.35. The third kappa shape index (κ3) is 3.27. The molecule has 0 bridgehead atoms. The highest BCUT2D eigenvalue weighted by Gasteiger charge is 2.67. The van der Waals surface area contributed by atoms with Crippen molar-refractivity contribution in [3.05, 3.63) is 59.2 Å². The summed E-state index contributed by atoms with van der Waals surface area (Å²) in [4.78, 5) is 24.5. The number of esters is 1. The molecule has 1 aromatic rings. The van der Waals surface area contributed by atoms with Gasteiger partial charge >= 0.3 is 5.97 Å².